The molecule has 5 heterocycles. The molecule has 0 radical (unpaired) electrons. The van der Waals surface area contributed by atoms with Crippen molar-refractivity contribution in [1.29, 1.82) is 0 Å². The fourth-order valence-electron chi connectivity index (χ4n) is 4.01. The molecule has 3 aromatic heterocycles. The molecule has 29 heavy (non-hydrogen) atoms. The van der Waals surface area contributed by atoms with E-state index >= 15 is 0 Å². The number of aromatic nitrogens is 4. The van der Waals surface area contributed by atoms with Crippen molar-refractivity contribution in [2.75, 3.05) is 43.5 Å². The SMILES string of the molecule is COC1CCN(c2nccc(Nc3cc4[nH]c(C5CNNC5)cc4cn3)n2)CC1. The molecule has 0 saturated carbocycles. The van der Waals surface area contributed by atoms with Gasteiger partial charge in [0.15, 0.2) is 0 Å². The highest BCUT2D eigenvalue weighted by molar-refractivity contribution is 5.82. The molecule has 3 aromatic rings. The van der Waals surface area contributed by atoms with Gasteiger partial charge in [-0.2, -0.15) is 4.98 Å². The van der Waals surface area contributed by atoms with E-state index in [0.29, 0.717) is 12.0 Å². The molecule has 2 saturated heterocycles. The molecule has 4 N–H and O–H groups in total. The lowest BCUT2D eigenvalue weighted by atomic mass is 10.1. The standard InChI is InChI=1S/C20H26N8O/c1-29-15-3-6-28(7-4-15)20-21-5-2-18(27-20)26-19-9-17-13(10-22-19)8-16(25-17)14-11-23-24-12-14/h2,5,8-10,14-15,23-25H,3-4,6-7,11-12H2,1H3,(H,21,22,26,27). The highest BCUT2D eigenvalue weighted by Crippen LogP contribution is 2.25. The maximum atomic E-state index is 5.45. The molecule has 152 valence electrons. The summed E-state index contributed by atoms with van der Waals surface area (Å²) in [5.74, 6) is 2.70. The minimum Gasteiger partial charge on any atom is -0.381 e. The van der Waals surface area contributed by atoms with Gasteiger partial charge in [-0.3, -0.25) is 10.9 Å². The zero-order valence-electron chi connectivity index (χ0n) is 16.5. The van der Waals surface area contributed by atoms with E-state index in [0.717, 1.165) is 67.5 Å². The van der Waals surface area contributed by atoms with E-state index in [1.165, 1.54) is 5.69 Å². The third-order valence-electron chi connectivity index (χ3n) is 5.74. The summed E-state index contributed by atoms with van der Waals surface area (Å²) in [7, 11) is 1.78. The number of methoxy groups -OCH3 is 1. The van der Waals surface area contributed by atoms with Crippen LogP contribution < -0.4 is 21.1 Å². The minimum absolute atomic E-state index is 0.338. The topological polar surface area (TPSA) is 103 Å². The van der Waals surface area contributed by atoms with E-state index in [2.05, 4.69) is 47.1 Å². The van der Waals surface area contributed by atoms with E-state index in [1.54, 1.807) is 13.3 Å². The van der Waals surface area contributed by atoms with Crippen LogP contribution in [-0.4, -0.2) is 59.3 Å². The predicted molar refractivity (Wildman–Crippen MR) is 112 cm³/mol. The molecular weight excluding hydrogens is 368 g/mol. The number of hydrogen-bond donors (Lipinski definition) is 4. The Hall–Kier alpha value is -2.75. The van der Waals surface area contributed by atoms with Crippen molar-refractivity contribution in [3.8, 4) is 0 Å². The third-order valence-corrected chi connectivity index (χ3v) is 5.74. The van der Waals surface area contributed by atoms with Gasteiger partial charge in [-0.1, -0.05) is 0 Å². The molecule has 0 aromatic carbocycles. The number of pyridine rings is 1. The Morgan fingerprint density at radius 2 is 1.93 bits per heavy atom. The van der Waals surface area contributed by atoms with Gasteiger partial charge in [-0.25, -0.2) is 9.97 Å². The highest BCUT2D eigenvalue weighted by atomic mass is 16.5. The molecule has 2 fully saturated rings. The second kappa shape index (κ2) is 7.94. The number of aromatic amines is 1. The van der Waals surface area contributed by atoms with Crippen LogP contribution in [0.15, 0.2) is 30.6 Å². The molecule has 0 bridgehead atoms. The number of H-pyrrole nitrogens is 1. The lowest BCUT2D eigenvalue weighted by molar-refractivity contribution is 0.0816. The van der Waals surface area contributed by atoms with Crippen LogP contribution in [0.1, 0.15) is 24.5 Å². The summed E-state index contributed by atoms with van der Waals surface area (Å²) >= 11 is 0. The average molecular weight is 394 g/mol. The number of nitrogens with one attached hydrogen (secondary N) is 4. The van der Waals surface area contributed by atoms with Crippen LogP contribution in [0.3, 0.4) is 0 Å². The Morgan fingerprint density at radius 1 is 1.10 bits per heavy atom. The lowest BCUT2D eigenvalue weighted by Crippen LogP contribution is -2.37. The molecule has 2 aliphatic heterocycles. The first-order chi connectivity index (χ1) is 14.3. The third kappa shape index (κ3) is 3.89. The van der Waals surface area contributed by atoms with Gasteiger partial charge in [0, 0.05) is 68.7 Å². The highest BCUT2D eigenvalue weighted by Gasteiger charge is 2.21. The van der Waals surface area contributed by atoms with Gasteiger partial charge < -0.3 is 19.9 Å². The first-order valence-electron chi connectivity index (χ1n) is 10.1. The van der Waals surface area contributed by atoms with Gasteiger partial charge >= 0.3 is 0 Å². The number of ether oxygens (including phenoxy) is 1. The van der Waals surface area contributed by atoms with Crippen LogP contribution in [0.4, 0.5) is 17.6 Å². The number of hydrogen-bond acceptors (Lipinski definition) is 8. The van der Waals surface area contributed by atoms with Crippen molar-refractivity contribution >= 4 is 28.5 Å². The van der Waals surface area contributed by atoms with E-state index in [4.69, 9.17) is 4.74 Å². The molecule has 5 rings (SSSR count). The summed E-state index contributed by atoms with van der Waals surface area (Å²) in [5.41, 5.74) is 8.64. The molecule has 0 atom stereocenters. The van der Waals surface area contributed by atoms with Gasteiger partial charge in [-0.15, -0.1) is 0 Å². The first kappa shape index (κ1) is 18.3. The molecule has 0 aliphatic carbocycles. The fraction of sp³-hybridized carbons (Fsp3) is 0.450. The van der Waals surface area contributed by atoms with E-state index in [1.807, 2.05) is 18.3 Å². The number of nitrogens with zero attached hydrogens (tertiary/aromatic N) is 4. The van der Waals surface area contributed by atoms with E-state index in [9.17, 15) is 0 Å². The molecule has 0 amide bonds. The van der Waals surface area contributed by atoms with Crippen LogP contribution in [0, 0.1) is 0 Å². The normalized spacial score (nSPS) is 18.6. The maximum Gasteiger partial charge on any atom is 0.227 e. The second-order valence-corrected chi connectivity index (χ2v) is 7.63. The molecule has 0 spiro atoms. The minimum atomic E-state index is 0.338. The number of hydrazine groups is 1. The Balaban J connectivity index is 1.31. The largest absolute Gasteiger partial charge is 0.381 e. The molecule has 9 nitrogen and oxygen atoms in total. The molecular formula is C20H26N8O. The summed E-state index contributed by atoms with van der Waals surface area (Å²) in [6.45, 7) is 3.66. The summed E-state index contributed by atoms with van der Waals surface area (Å²) in [6, 6.07) is 6.08. The Bertz CT molecular complexity index is 976. The summed E-state index contributed by atoms with van der Waals surface area (Å²) < 4.78 is 5.45. The Labute approximate surface area is 169 Å². The van der Waals surface area contributed by atoms with Crippen molar-refractivity contribution < 1.29 is 4.74 Å². The number of rotatable bonds is 5. The fourth-order valence-corrected chi connectivity index (χ4v) is 4.01. The molecule has 9 heteroatoms. The Morgan fingerprint density at radius 3 is 2.72 bits per heavy atom. The smallest absolute Gasteiger partial charge is 0.227 e. The number of fused-ring (bicyclic) bond motifs is 1. The van der Waals surface area contributed by atoms with Crippen LogP contribution in [0.25, 0.3) is 10.9 Å². The maximum absolute atomic E-state index is 5.45. The van der Waals surface area contributed by atoms with E-state index < -0.39 is 0 Å². The Kier molecular flexibility index (Phi) is 5.01. The number of anilines is 3. The first-order valence-corrected chi connectivity index (χ1v) is 10.1. The van der Waals surface area contributed by atoms with Crippen LogP contribution in [-0.2, 0) is 4.74 Å². The second-order valence-electron chi connectivity index (χ2n) is 7.63. The summed E-state index contributed by atoms with van der Waals surface area (Å²) in [5, 5.41) is 4.43. The van der Waals surface area contributed by atoms with Crippen molar-refractivity contribution in [3.63, 3.8) is 0 Å². The van der Waals surface area contributed by atoms with Gasteiger partial charge in [0.05, 0.1) is 11.6 Å². The van der Waals surface area contributed by atoms with Crippen molar-refractivity contribution in [1.82, 2.24) is 30.8 Å². The molecule has 0 unspecified atom stereocenters. The lowest BCUT2D eigenvalue weighted by Gasteiger charge is -2.31. The predicted octanol–water partition coefficient (Wildman–Crippen LogP) is 1.90. The zero-order chi connectivity index (χ0) is 19.6. The molecule has 2 aliphatic rings. The van der Waals surface area contributed by atoms with Crippen molar-refractivity contribution in [2.24, 2.45) is 0 Å². The quantitative estimate of drug-likeness (QED) is 0.520. The number of piperidine rings is 1. The summed E-state index contributed by atoms with van der Waals surface area (Å²) in [4.78, 5) is 19.4. The van der Waals surface area contributed by atoms with Gasteiger partial charge in [-0.05, 0) is 25.0 Å². The average Bonchev–Trinajstić information content (AvgIpc) is 3.43. The monoisotopic (exact) mass is 394 g/mol. The van der Waals surface area contributed by atoms with E-state index in [-0.39, 0.29) is 0 Å². The van der Waals surface area contributed by atoms with Gasteiger partial charge in [0.2, 0.25) is 5.95 Å². The van der Waals surface area contributed by atoms with Crippen LogP contribution in [0.5, 0.6) is 0 Å². The van der Waals surface area contributed by atoms with Gasteiger partial charge in [0.25, 0.3) is 0 Å². The van der Waals surface area contributed by atoms with Gasteiger partial charge in [0.1, 0.15) is 11.6 Å². The van der Waals surface area contributed by atoms with Crippen LogP contribution in [0.2, 0.25) is 0 Å². The van der Waals surface area contributed by atoms with Crippen LogP contribution >= 0.6 is 0 Å². The van der Waals surface area contributed by atoms with Crippen molar-refractivity contribution in [2.45, 2.75) is 24.9 Å². The summed E-state index contributed by atoms with van der Waals surface area (Å²) in [6.07, 6.45) is 6.02. The van der Waals surface area contributed by atoms with Crippen molar-refractivity contribution in [3.05, 3.63) is 36.3 Å². The zero-order valence-corrected chi connectivity index (χ0v) is 16.5.